The zero-order chi connectivity index (χ0) is 13.8. The van der Waals surface area contributed by atoms with E-state index in [0.29, 0.717) is 29.6 Å². The van der Waals surface area contributed by atoms with Gasteiger partial charge in [-0.2, -0.15) is 0 Å². The van der Waals surface area contributed by atoms with Gasteiger partial charge in [-0.25, -0.2) is 0 Å². The Bertz CT molecular complexity index is 500. The molecule has 19 heavy (non-hydrogen) atoms. The van der Waals surface area contributed by atoms with Crippen molar-refractivity contribution < 1.29 is 23.6 Å². The molecule has 2 atom stereocenters. The van der Waals surface area contributed by atoms with E-state index < -0.39 is 22.7 Å². The molecule has 1 N–H and O–H groups in total. The third-order valence-electron chi connectivity index (χ3n) is 2.80. The minimum absolute atomic E-state index is 0.0922. The van der Waals surface area contributed by atoms with Crippen molar-refractivity contribution in [1.29, 1.82) is 0 Å². The molecule has 104 valence electrons. The maximum absolute atomic E-state index is 12.1. The predicted molar refractivity (Wildman–Crippen MR) is 70.1 cm³/mol. The Hall–Kier alpha value is -1.56. The van der Waals surface area contributed by atoms with Crippen LogP contribution in [0, 0.1) is 5.92 Å². The molecule has 1 aromatic carbocycles. The van der Waals surface area contributed by atoms with Gasteiger partial charge in [0.25, 0.3) is 0 Å². The second-order valence-corrected chi connectivity index (χ2v) is 5.91. The molecule has 1 heterocycles. The summed E-state index contributed by atoms with van der Waals surface area (Å²) < 4.78 is 23.1. The van der Waals surface area contributed by atoms with Crippen molar-refractivity contribution in [2.24, 2.45) is 5.92 Å². The first-order valence-electron chi connectivity index (χ1n) is 6.09. The Morgan fingerprint density at radius 3 is 2.74 bits per heavy atom. The molecule has 0 aromatic heterocycles. The Morgan fingerprint density at radius 2 is 2.05 bits per heavy atom. The third-order valence-corrected chi connectivity index (χ3v) is 4.39. The topological polar surface area (TPSA) is 72.8 Å². The molecule has 0 aliphatic carbocycles. The van der Waals surface area contributed by atoms with Gasteiger partial charge in [0.2, 0.25) is 0 Å². The van der Waals surface area contributed by atoms with E-state index in [1.807, 2.05) is 0 Å². The highest BCUT2D eigenvalue weighted by atomic mass is 32.2. The molecule has 1 aliphatic rings. The van der Waals surface area contributed by atoms with E-state index in [4.69, 9.17) is 14.6 Å². The highest BCUT2D eigenvalue weighted by Crippen LogP contribution is 2.31. The maximum atomic E-state index is 12.1. The standard InChI is InChI=1S/C13H16O5S/c1-9(13(14)15)8-19(16)10-3-4-11-12(7-10)18-6-2-5-17-11/h3-4,7,9H,2,5-6,8H2,1H3,(H,14,15). The molecule has 0 amide bonds. The lowest BCUT2D eigenvalue weighted by Crippen LogP contribution is -2.17. The van der Waals surface area contributed by atoms with E-state index >= 15 is 0 Å². The van der Waals surface area contributed by atoms with Gasteiger partial charge in [-0.05, 0) is 12.1 Å². The Labute approximate surface area is 114 Å². The number of benzene rings is 1. The van der Waals surface area contributed by atoms with Crippen LogP contribution >= 0.6 is 0 Å². The molecule has 0 radical (unpaired) electrons. The number of fused-ring (bicyclic) bond motifs is 1. The molecule has 2 unspecified atom stereocenters. The Morgan fingerprint density at radius 1 is 1.37 bits per heavy atom. The molecule has 2 rings (SSSR count). The molecule has 0 fully saturated rings. The minimum Gasteiger partial charge on any atom is -0.490 e. The van der Waals surface area contributed by atoms with Crippen LogP contribution in [0.2, 0.25) is 0 Å². The van der Waals surface area contributed by atoms with Crippen molar-refractivity contribution in [3.05, 3.63) is 18.2 Å². The predicted octanol–water partition coefficient (Wildman–Crippen LogP) is 1.68. The largest absolute Gasteiger partial charge is 0.490 e. The summed E-state index contributed by atoms with van der Waals surface area (Å²) in [6, 6.07) is 5.09. The lowest BCUT2D eigenvalue weighted by Gasteiger charge is -2.10. The van der Waals surface area contributed by atoms with E-state index in [0.717, 1.165) is 6.42 Å². The van der Waals surface area contributed by atoms with Crippen molar-refractivity contribution >= 4 is 16.8 Å². The van der Waals surface area contributed by atoms with Gasteiger partial charge in [0.1, 0.15) is 0 Å². The van der Waals surface area contributed by atoms with E-state index in [1.165, 1.54) is 0 Å². The molecule has 1 aromatic rings. The number of hydrogen-bond donors (Lipinski definition) is 1. The summed E-state index contributed by atoms with van der Waals surface area (Å²) in [5.74, 6) is -0.273. The van der Waals surface area contributed by atoms with E-state index in [-0.39, 0.29) is 5.75 Å². The molecule has 1 aliphatic heterocycles. The molecule has 0 spiro atoms. The van der Waals surface area contributed by atoms with E-state index in [2.05, 4.69) is 0 Å². The van der Waals surface area contributed by atoms with Crippen molar-refractivity contribution in [1.82, 2.24) is 0 Å². The summed E-state index contributed by atoms with van der Waals surface area (Å²) >= 11 is 0. The normalized spacial score (nSPS) is 17.3. The fourth-order valence-corrected chi connectivity index (χ4v) is 2.93. The number of carboxylic acids is 1. The zero-order valence-electron chi connectivity index (χ0n) is 10.6. The van der Waals surface area contributed by atoms with Gasteiger partial charge in [-0.1, -0.05) is 6.92 Å². The lowest BCUT2D eigenvalue weighted by molar-refractivity contribution is -0.140. The maximum Gasteiger partial charge on any atom is 0.307 e. The van der Waals surface area contributed by atoms with E-state index in [1.54, 1.807) is 25.1 Å². The Kier molecular flexibility index (Phi) is 4.42. The van der Waals surface area contributed by atoms with Gasteiger partial charge >= 0.3 is 5.97 Å². The van der Waals surface area contributed by atoms with Crippen LogP contribution in [0.3, 0.4) is 0 Å². The van der Waals surface area contributed by atoms with Crippen LogP contribution < -0.4 is 9.47 Å². The first-order valence-corrected chi connectivity index (χ1v) is 7.40. The van der Waals surface area contributed by atoms with Gasteiger partial charge in [-0.15, -0.1) is 0 Å². The lowest BCUT2D eigenvalue weighted by atomic mass is 10.2. The number of hydrogen-bond acceptors (Lipinski definition) is 4. The van der Waals surface area contributed by atoms with Crippen molar-refractivity contribution in [3.8, 4) is 11.5 Å². The fraction of sp³-hybridized carbons (Fsp3) is 0.462. The first-order chi connectivity index (χ1) is 9.08. The van der Waals surface area contributed by atoms with Crippen molar-refractivity contribution in [2.75, 3.05) is 19.0 Å². The summed E-state index contributed by atoms with van der Waals surface area (Å²) in [4.78, 5) is 11.3. The zero-order valence-corrected chi connectivity index (χ0v) is 11.4. The average Bonchev–Trinajstić information content (AvgIpc) is 2.62. The fourth-order valence-electron chi connectivity index (χ4n) is 1.68. The highest BCUT2D eigenvalue weighted by Gasteiger charge is 2.18. The second-order valence-electron chi connectivity index (χ2n) is 4.41. The quantitative estimate of drug-likeness (QED) is 0.910. The first kappa shape index (κ1) is 13.9. The number of aliphatic carboxylic acids is 1. The summed E-state index contributed by atoms with van der Waals surface area (Å²) in [6.45, 7) is 2.71. The number of rotatable bonds is 4. The molecule has 0 saturated heterocycles. The monoisotopic (exact) mass is 284 g/mol. The van der Waals surface area contributed by atoms with Crippen LogP contribution in [0.15, 0.2) is 23.1 Å². The minimum atomic E-state index is -1.35. The summed E-state index contributed by atoms with van der Waals surface area (Å²) in [7, 11) is -1.35. The Balaban J connectivity index is 2.15. The summed E-state index contributed by atoms with van der Waals surface area (Å²) in [6.07, 6.45) is 0.809. The van der Waals surface area contributed by atoms with Gasteiger partial charge in [-0.3, -0.25) is 9.00 Å². The van der Waals surface area contributed by atoms with Gasteiger partial charge < -0.3 is 14.6 Å². The van der Waals surface area contributed by atoms with Crippen LogP contribution in [0.1, 0.15) is 13.3 Å². The van der Waals surface area contributed by atoms with Crippen LogP contribution in [0.5, 0.6) is 11.5 Å². The molecule has 0 saturated carbocycles. The van der Waals surface area contributed by atoms with Crippen LogP contribution in [-0.4, -0.2) is 34.3 Å². The van der Waals surface area contributed by atoms with Gasteiger partial charge in [0, 0.05) is 23.1 Å². The molecule has 0 bridgehead atoms. The number of carbonyl (C=O) groups is 1. The third kappa shape index (κ3) is 3.47. The number of ether oxygens (including phenoxy) is 2. The summed E-state index contributed by atoms with van der Waals surface area (Å²) in [5, 5.41) is 8.83. The molecule has 6 heteroatoms. The van der Waals surface area contributed by atoms with Crippen LogP contribution in [-0.2, 0) is 15.6 Å². The highest BCUT2D eigenvalue weighted by molar-refractivity contribution is 7.85. The SMILES string of the molecule is CC(CS(=O)c1ccc2c(c1)OCCCO2)C(=O)O. The van der Waals surface area contributed by atoms with Crippen molar-refractivity contribution in [2.45, 2.75) is 18.2 Å². The second kappa shape index (κ2) is 6.06. The molecular weight excluding hydrogens is 268 g/mol. The number of carboxylic acid groups (broad SMARTS) is 1. The average molecular weight is 284 g/mol. The summed E-state index contributed by atoms with van der Waals surface area (Å²) in [5.41, 5.74) is 0. The van der Waals surface area contributed by atoms with E-state index in [9.17, 15) is 9.00 Å². The van der Waals surface area contributed by atoms with Crippen LogP contribution in [0.25, 0.3) is 0 Å². The van der Waals surface area contributed by atoms with Gasteiger partial charge in [0.05, 0.1) is 29.9 Å². The molecule has 5 nitrogen and oxygen atoms in total. The smallest absolute Gasteiger partial charge is 0.307 e. The van der Waals surface area contributed by atoms with Gasteiger partial charge in [0.15, 0.2) is 11.5 Å². The van der Waals surface area contributed by atoms with Crippen LogP contribution in [0.4, 0.5) is 0 Å². The molecular formula is C13H16O5S. The van der Waals surface area contributed by atoms with Crippen molar-refractivity contribution in [3.63, 3.8) is 0 Å².